The van der Waals surface area contributed by atoms with E-state index in [9.17, 15) is 24.6 Å². The predicted octanol–water partition coefficient (Wildman–Crippen LogP) is 7.49. The summed E-state index contributed by atoms with van der Waals surface area (Å²) in [6, 6.07) is 9.09. The number of benzene rings is 1. The van der Waals surface area contributed by atoms with Crippen LogP contribution in [0.15, 0.2) is 76.8 Å². The highest BCUT2D eigenvalue weighted by Crippen LogP contribution is 2.61. The molecule has 1 aliphatic heterocycles. The van der Waals surface area contributed by atoms with Gasteiger partial charge in [-0.1, -0.05) is 74.9 Å². The largest absolute Gasteiger partial charge is 0.511 e. The van der Waals surface area contributed by atoms with Gasteiger partial charge < -0.3 is 14.9 Å². The maximum absolute atomic E-state index is 14.7. The third kappa shape index (κ3) is 5.22. The topological polar surface area (TPSA) is 101 Å². The van der Waals surface area contributed by atoms with E-state index in [1.807, 2.05) is 57.2 Å². The van der Waals surface area contributed by atoms with Crippen molar-refractivity contribution in [3.8, 4) is 0 Å². The molecule has 2 N–H and O–H groups in total. The van der Waals surface area contributed by atoms with Crippen LogP contribution in [0.1, 0.15) is 85.6 Å². The summed E-state index contributed by atoms with van der Waals surface area (Å²) in [5.74, 6) is -2.92. The van der Waals surface area contributed by atoms with Gasteiger partial charge in [-0.3, -0.25) is 14.4 Å². The van der Waals surface area contributed by atoms with Gasteiger partial charge >= 0.3 is 5.97 Å². The van der Waals surface area contributed by atoms with E-state index < -0.39 is 35.1 Å². The molecule has 0 bridgehead atoms. The normalized spacial score (nSPS) is 29.7. The fourth-order valence-corrected chi connectivity index (χ4v) is 7.05. The van der Waals surface area contributed by atoms with Gasteiger partial charge in [-0.2, -0.15) is 0 Å². The third-order valence-corrected chi connectivity index (χ3v) is 9.96. The van der Waals surface area contributed by atoms with Crippen LogP contribution in [0.3, 0.4) is 0 Å². The number of rotatable bonds is 9. The molecule has 6 atom stereocenters. The Morgan fingerprint density at radius 3 is 2.32 bits per heavy atom. The second-order valence-corrected chi connectivity index (χ2v) is 13.3. The molecule has 41 heavy (non-hydrogen) atoms. The lowest BCUT2D eigenvalue weighted by Crippen LogP contribution is -2.52. The summed E-state index contributed by atoms with van der Waals surface area (Å²) in [5.41, 5.74) is 1.38. The number of ether oxygens (including phenoxy) is 1. The van der Waals surface area contributed by atoms with Crippen LogP contribution in [-0.4, -0.2) is 33.9 Å². The number of carbonyl (C=O) groups excluding carboxylic acids is 2. The quantitative estimate of drug-likeness (QED) is 0.240. The Hall–Kier alpha value is -3.41. The molecule has 0 spiro atoms. The zero-order valence-corrected chi connectivity index (χ0v) is 25.4. The Bertz CT molecular complexity index is 1360. The first kappa shape index (κ1) is 30.5. The molecule has 1 heterocycles. The zero-order valence-electron chi connectivity index (χ0n) is 25.4. The van der Waals surface area contributed by atoms with E-state index in [2.05, 4.69) is 20.4 Å². The molecule has 1 aromatic rings. The van der Waals surface area contributed by atoms with E-state index in [0.29, 0.717) is 12.0 Å². The van der Waals surface area contributed by atoms with Gasteiger partial charge in [0, 0.05) is 11.5 Å². The second-order valence-electron chi connectivity index (χ2n) is 13.3. The van der Waals surface area contributed by atoms with Crippen molar-refractivity contribution in [1.29, 1.82) is 0 Å². The average molecular weight is 561 g/mol. The number of hydrogen-bond acceptors (Lipinski definition) is 5. The van der Waals surface area contributed by atoms with Gasteiger partial charge in [-0.15, -0.1) is 0 Å². The molecule has 0 amide bonds. The fraction of sp³-hybridized carbons (Fsp3) is 0.514. The van der Waals surface area contributed by atoms with E-state index in [0.717, 1.165) is 17.6 Å². The summed E-state index contributed by atoms with van der Waals surface area (Å²) < 4.78 is 6.26. The molecule has 3 aliphatic rings. The van der Waals surface area contributed by atoms with Crippen molar-refractivity contribution in [2.75, 3.05) is 0 Å². The monoisotopic (exact) mass is 560 g/mol. The number of hydrogen-bond donors (Lipinski definition) is 2. The van der Waals surface area contributed by atoms with Gasteiger partial charge in [0.15, 0.2) is 11.6 Å². The Balaban J connectivity index is 2.01. The minimum absolute atomic E-state index is 0.0366. The van der Waals surface area contributed by atoms with Crippen molar-refractivity contribution in [2.45, 2.75) is 86.2 Å². The standard InChI is InChI=1S/C35H44O6/c1-19(2)14-15-35(18-24-16-26(20(3)4)34(24,7)8)32(39)28(25(17-27(36)37)23-12-10-9-11-13-23)31-29(33(35)40)30(38)21(5)22(6)41-31/h9-14,21-22,24-26,39H,3,15-18H2,1-2,4-8H3,(H,36,37)/t21-,22-,24-,25-,26-,35+/m0/s1. The molecule has 1 saturated carbocycles. The van der Waals surface area contributed by atoms with E-state index in [1.165, 1.54) is 0 Å². The smallest absolute Gasteiger partial charge is 0.304 e. The van der Waals surface area contributed by atoms with Gasteiger partial charge in [0.1, 0.15) is 23.2 Å². The number of Topliss-reactive ketones (excluding diaryl/α,β-unsaturated/α-hetero) is 2. The van der Waals surface area contributed by atoms with E-state index in [1.54, 1.807) is 13.8 Å². The Morgan fingerprint density at radius 2 is 1.78 bits per heavy atom. The molecular weight excluding hydrogens is 516 g/mol. The van der Waals surface area contributed by atoms with Crippen LogP contribution in [0.25, 0.3) is 0 Å². The number of aliphatic hydroxyl groups is 1. The van der Waals surface area contributed by atoms with Crippen molar-refractivity contribution in [3.05, 3.63) is 82.4 Å². The maximum atomic E-state index is 14.7. The second kappa shape index (κ2) is 11.1. The lowest BCUT2D eigenvalue weighted by atomic mass is 9.48. The number of aliphatic carboxylic acids is 1. The van der Waals surface area contributed by atoms with Gasteiger partial charge in [-0.25, -0.2) is 0 Å². The minimum Gasteiger partial charge on any atom is -0.511 e. The molecule has 0 aromatic heterocycles. The van der Waals surface area contributed by atoms with Gasteiger partial charge in [0.25, 0.3) is 0 Å². The van der Waals surface area contributed by atoms with Crippen LogP contribution in [0, 0.1) is 28.6 Å². The lowest BCUT2D eigenvalue weighted by molar-refractivity contribution is -0.137. The fourth-order valence-electron chi connectivity index (χ4n) is 7.05. The molecule has 1 aromatic carbocycles. The highest BCUT2D eigenvalue weighted by molar-refractivity contribution is 6.25. The molecular formula is C35H44O6. The SMILES string of the molecule is C=C(C)[C@@H]1C[C@@H](C[C@@]2(CC=C(C)C)C(=O)C3=C(O[C@@H](C)[C@H](C)C3=O)C([C@@H](CC(=O)O)c3ccccc3)=C2O)C1(C)C. The summed E-state index contributed by atoms with van der Waals surface area (Å²) in [4.78, 5) is 40.8. The van der Waals surface area contributed by atoms with Crippen LogP contribution < -0.4 is 0 Å². The molecule has 2 aliphatic carbocycles. The highest BCUT2D eigenvalue weighted by atomic mass is 16.5. The highest BCUT2D eigenvalue weighted by Gasteiger charge is 2.59. The van der Waals surface area contributed by atoms with E-state index >= 15 is 0 Å². The first-order chi connectivity index (χ1) is 19.1. The van der Waals surface area contributed by atoms with Crippen LogP contribution in [0.4, 0.5) is 0 Å². The van der Waals surface area contributed by atoms with Crippen molar-refractivity contribution >= 4 is 17.5 Å². The van der Waals surface area contributed by atoms with E-state index in [-0.39, 0.29) is 58.5 Å². The van der Waals surface area contributed by atoms with Crippen LogP contribution >= 0.6 is 0 Å². The number of ketones is 2. The summed E-state index contributed by atoms with van der Waals surface area (Å²) >= 11 is 0. The lowest BCUT2D eigenvalue weighted by Gasteiger charge is -2.56. The summed E-state index contributed by atoms with van der Waals surface area (Å²) in [5, 5.41) is 22.4. The predicted molar refractivity (Wildman–Crippen MR) is 159 cm³/mol. The number of carbonyl (C=O) groups is 3. The van der Waals surface area contributed by atoms with E-state index in [4.69, 9.17) is 4.74 Å². The van der Waals surface area contributed by atoms with Gasteiger partial charge in [-0.05, 0) is 69.8 Å². The molecule has 6 nitrogen and oxygen atoms in total. The molecule has 0 unspecified atom stereocenters. The summed E-state index contributed by atoms with van der Waals surface area (Å²) in [6.07, 6.45) is 2.44. The number of carboxylic acids is 1. The first-order valence-electron chi connectivity index (χ1n) is 14.6. The molecule has 220 valence electrons. The van der Waals surface area contributed by atoms with Crippen molar-refractivity contribution < 1.29 is 29.3 Å². The molecule has 0 radical (unpaired) electrons. The van der Waals surface area contributed by atoms with Crippen LogP contribution in [-0.2, 0) is 19.1 Å². The van der Waals surface area contributed by atoms with Crippen molar-refractivity contribution in [2.24, 2.45) is 28.6 Å². The van der Waals surface area contributed by atoms with Crippen molar-refractivity contribution in [1.82, 2.24) is 0 Å². The van der Waals surface area contributed by atoms with Gasteiger partial charge in [0.2, 0.25) is 0 Å². The summed E-state index contributed by atoms with van der Waals surface area (Å²) in [6.45, 7) is 17.9. The summed E-state index contributed by atoms with van der Waals surface area (Å²) in [7, 11) is 0. The third-order valence-electron chi connectivity index (χ3n) is 9.96. The average Bonchev–Trinajstić information content (AvgIpc) is 2.89. The zero-order chi connectivity index (χ0) is 30.4. The van der Waals surface area contributed by atoms with Gasteiger partial charge in [0.05, 0.1) is 17.8 Å². The van der Waals surface area contributed by atoms with Crippen molar-refractivity contribution in [3.63, 3.8) is 0 Å². The molecule has 1 fully saturated rings. The molecule has 0 saturated heterocycles. The molecule has 4 rings (SSSR count). The number of allylic oxidation sites excluding steroid dienone is 6. The Morgan fingerprint density at radius 1 is 1.15 bits per heavy atom. The number of carboxylic acid groups (broad SMARTS) is 1. The minimum atomic E-state index is -1.42. The van der Waals surface area contributed by atoms with Crippen LogP contribution in [0.5, 0.6) is 0 Å². The Kier molecular flexibility index (Phi) is 8.28. The number of aliphatic hydroxyl groups excluding tert-OH is 1. The first-order valence-corrected chi connectivity index (χ1v) is 14.6. The van der Waals surface area contributed by atoms with Crippen LogP contribution in [0.2, 0.25) is 0 Å². The Labute approximate surface area is 243 Å². The molecule has 6 heteroatoms. The maximum Gasteiger partial charge on any atom is 0.304 e.